The molecule has 1 N–H and O–H groups in total. The van der Waals surface area contributed by atoms with Crippen molar-refractivity contribution < 1.29 is 9.53 Å². The molecule has 4 rings (SSSR count). The number of amides is 2. The van der Waals surface area contributed by atoms with Crippen molar-refractivity contribution in [2.24, 2.45) is 0 Å². The summed E-state index contributed by atoms with van der Waals surface area (Å²) in [7, 11) is 0. The van der Waals surface area contributed by atoms with Crippen LogP contribution in [-0.2, 0) is 10.2 Å². The number of carbonyl (C=O) groups is 1. The van der Waals surface area contributed by atoms with Crippen LogP contribution in [0.25, 0.3) is 0 Å². The Labute approximate surface area is 170 Å². The van der Waals surface area contributed by atoms with E-state index in [9.17, 15) is 4.79 Å². The first-order valence-electron chi connectivity index (χ1n) is 9.94. The number of aromatic nitrogens is 2. The van der Waals surface area contributed by atoms with Crippen LogP contribution in [0.5, 0.6) is 0 Å². The van der Waals surface area contributed by atoms with Crippen LogP contribution in [0, 0.1) is 6.92 Å². The van der Waals surface area contributed by atoms with Gasteiger partial charge >= 0.3 is 6.03 Å². The maximum atomic E-state index is 12.9. The number of hydrogen-bond acceptors (Lipinski definition) is 3. The molecular weight excluding hydrogens is 376 g/mol. The highest BCUT2D eigenvalue weighted by atomic mass is 35.5. The summed E-state index contributed by atoms with van der Waals surface area (Å²) in [5.74, 6) is 0. The molecule has 2 aliphatic heterocycles. The van der Waals surface area contributed by atoms with Gasteiger partial charge in [-0.1, -0.05) is 35.9 Å². The van der Waals surface area contributed by atoms with Crippen LogP contribution in [0.15, 0.2) is 36.7 Å². The molecule has 0 radical (unpaired) electrons. The number of carbonyl (C=O) groups excluding carboxylic acids is 1. The number of ether oxygens (including phenoxy) is 1. The number of aryl methyl sites for hydroxylation is 1. The maximum absolute atomic E-state index is 12.9. The fraction of sp³-hybridized carbons (Fsp3) is 0.524. The van der Waals surface area contributed by atoms with E-state index in [0.29, 0.717) is 18.1 Å². The molecule has 1 aromatic heterocycles. The first-order chi connectivity index (χ1) is 13.6. The highest BCUT2D eigenvalue weighted by Gasteiger charge is 2.37. The number of halogens is 1. The molecule has 1 atom stereocenters. The smallest absolute Gasteiger partial charge is 0.317 e. The van der Waals surface area contributed by atoms with Gasteiger partial charge in [-0.25, -0.2) is 4.79 Å². The normalized spacial score (nSPS) is 21.6. The third kappa shape index (κ3) is 3.89. The van der Waals surface area contributed by atoms with Gasteiger partial charge in [0.15, 0.2) is 0 Å². The minimum Gasteiger partial charge on any atom is -0.381 e. The monoisotopic (exact) mass is 402 g/mol. The van der Waals surface area contributed by atoms with Crippen molar-refractivity contribution in [1.29, 1.82) is 0 Å². The van der Waals surface area contributed by atoms with Crippen molar-refractivity contribution in [2.75, 3.05) is 32.8 Å². The molecule has 1 unspecified atom stereocenters. The summed E-state index contributed by atoms with van der Waals surface area (Å²) in [5.41, 5.74) is 2.54. The van der Waals surface area contributed by atoms with Crippen molar-refractivity contribution in [3.8, 4) is 0 Å². The lowest BCUT2D eigenvalue weighted by molar-refractivity contribution is 0.0500. The summed E-state index contributed by atoms with van der Waals surface area (Å²) in [4.78, 5) is 14.7. The number of urea groups is 1. The van der Waals surface area contributed by atoms with E-state index in [2.05, 4.69) is 41.6 Å². The first kappa shape index (κ1) is 19.3. The molecule has 0 bridgehead atoms. The number of nitrogens with zero attached hydrogens (tertiary/aromatic N) is 3. The van der Waals surface area contributed by atoms with E-state index in [0.717, 1.165) is 39.0 Å². The largest absolute Gasteiger partial charge is 0.381 e. The van der Waals surface area contributed by atoms with E-state index in [4.69, 9.17) is 16.3 Å². The van der Waals surface area contributed by atoms with Crippen LogP contribution in [0.1, 0.15) is 36.4 Å². The predicted molar refractivity (Wildman–Crippen MR) is 109 cm³/mol. The van der Waals surface area contributed by atoms with E-state index >= 15 is 0 Å². The zero-order chi connectivity index (χ0) is 19.6. The van der Waals surface area contributed by atoms with Crippen LogP contribution < -0.4 is 5.32 Å². The van der Waals surface area contributed by atoms with E-state index in [1.807, 2.05) is 15.8 Å². The molecule has 6 nitrogen and oxygen atoms in total. The predicted octanol–water partition coefficient (Wildman–Crippen LogP) is 3.55. The van der Waals surface area contributed by atoms with E-state index in [1.165, 1.54) is 11.1 Å². The van der Waals surface area contributed by atoms with E-state index in [-0.39, 0.29) is 17.5 Å². The number of hydrogen-bond donors (Lipinski definition) is 1. The van der Waals surface area contributed by atoms with Gasteiger partial charge in [0, 0.05) is 44.5 Å². The van der Waals surface area contributed by atoms with Crippen molar-refractivity contribution in [3.63, 3.8) is 0 Å². The van der Waals surface area contributed by atoms with Crippen molar-refractivity contribution >= 4 is 17.6 Å². The fourth-order valence-corrected chi connectivity index (χ4v) is 4.63. The average molecular weight is 403 g/mol. The van der Waals surface area contributed by atoms with Crippen molar-refractivity contribution in [2.45, 2.75) is 37.6 Å². The van der Waals surface area contributed by atoms with Gasteiger partial charge in [0.2, 0.25) is 0 Å². The van der Waals surface area contributed by atoms with Crippen molar-refractivity contribution in [3.05, 3.63) is 52.8 Å². The third-order valence-electron chi connectivity index (χ3n) is 6.14. The lowest BCUT2D eigenvalue weighted by Crippen LogP contribution is -2.48. The van der Waals surface area contributed by atoms with Gasteiger partial charge in [0.25, 0.3) is 0 Å². The molecule has 2 fully saturated rings. The van der Waals surface area contributed by atoms with Gasteiger partial charge in [-0.3, -0.25) is 4.68 Å². The second-order valence-electron chi connectivity index (χ2n) is 7.89. The zero-order valence-corrected chi connectivity index (χ0v) is 17.0. The molecule has 0 saturated carbocycles. The second-order valence-corrected chi connectivity index (χ2v) is 8.33. The number of rotatable bonds is 4. The molecule has 2 aliphatic rings. The van der Waals surface area contributed by atoms with Gasteiger partial charge in [-0.15, -0.1) is 0 Å². The first-order valence-corrected chi connectivity index (χ1v) is 10.3. The number of nitrogens with one attached hydrogen (secondary N) is 1. The van der Waals surface area contributed by atoms with Crippen molar-refractivity contribution in [1.82, 2.24) is 20.0 Å². The fourth-order valence-electron chi connectivity index (χ4n) is 4.48. The molecule has 0 aliphatic carbocycles. The van der Waals surface area contributed by atoms with Gasteiger partial charge < -0.3 is 15.0 Å². The molecule has 3 heterocycles. The van der Waals surface area contributed by atoms with E-state index < -0.39 is 0 Å². The Morgan fingerprint density at radius 3 is 2.86 bits per heavy atom. The highest BCUT2D eigenvalue weighted by Crippen LogP contribution is 2.36. The molecule has 28 heavy (non-hydrogen) atoms. The third-order valence-corrected chi connectivity index (χ3v) is 6.33. The minimum absolute atomic E-state index is 0.000189. The highest BCUT2D eigenvalue weighted by molar-refractivity contribution is 6.30. The Bertz CT molecular complexity index is 831. The van der Waals surface area contributed by atoms with Crippen LogP contribution >= 0.6 is 11.6 Å². The molecule has 7 heteroatoms. The Kier molecular flexibility index (Phi) is 5.60. The number of likely N-dealkylation sites (tertiary alicyclic amines) is 1. The SMILES string of the molecule is Cc1ccccc1C1(CNC(=O)N2CCC(n3cc(Cl)cn3)C2)CCOCC1. The number of benzene rings is 1. The van der Waals surface area contributed by atoms with Gasteiger partial charge in [-0.05, 0) is 37.3 Å². The molecule has 2 saturated heterocycles. The summed E-state index contributed by atoms with van der Waals surface area (Å²) in [6, 6.07) is 8.68. The summed E-state index contributed by atoms with van der Waals surface area (Å²) in [6.07, 6.45) is 6.20. The lowest BCUT2D eigenvalue weighted by atomic mass is 9.72. The zero-order valence-electron chi connectivity index (χ0n) is 16.2. The Hall–Kier alpha value is -2.05. The molecule has 1 aromatic carbocycles. The van der Waals surface area contributed by atoms with Crippen LogP contribution in [0.3, 0.4) is 0 Å². The Balaban J connectivity index is 1.42. The lowest BCUT2D eigenvalue weighted by Gasteiger charge is -2.39. The molecular formula is C21H27ClN4O2. The summed E-state index contributed by atoms with van der Waals surface area (Å²) >= 11 is 5.97. The average Bonchev–Trinajstić information content (AvgIpc) is 3.36. The summed E-state index contributed by atoms with van der Waals surface area (Å²) in [6.45, 7) is 5.63. The Morgan fingerprint density at radius 2 is 2.14 bits per heavy atom. The van der Waals surface area contributed by atoms with Crippen LogP contribution in [0.2, 0.25) is 5.02 Å². The maximum Gasteiger partial charge on any atom is 0.317 e. The van der Waals surface area contributed by atoms with Crippen LogP contribution in [0.4, 0.5) is 4.79 Å². The molecule has 2 aromatic rings. The Morgan fingerprint density at radius 1 is 1.36 bits per heavy atom. The summed E-state index contributed by atoms with van der Waals surface area (Å²) < 4.78 is 7.48. The van der Waals surface area contributed by atoms with E-state index in [1.54, 1.807) is 6.20 Å². The standard InChI is InChI=1S/C21H27ClN4O2/c1-16-4-2-3-5-19(16)21(7-10-28-11-8-21)15-23-20(27)25-9-6-18(14-25)26-13-17(22)12-24-26/h2-5,12-13,18H,6-11,14-15H2,1H3,(H,23,27). The van der Waals surface area contributed by atoms with Crippen LogP contribution in [-0.4, -0.2) is 53.6 Å². The topological polar surface area (TPSA) is 59.4 Å². The van der Waals surface area contributed by atoms with Gasteiger partial charge in [-0.2, -0.15) is 5.10 Å². The molecule has 150 valence electrons. The quantitative estimate of drug-likeness (QED) is 0.850. The summed E-state index contributed by atoms with van der Waals surface area (Å²) in [5, 5.41) is 8.13. The van der Waals surface area contributed by atoms with Gasteiger partial charge in [0.1, 0.15) is 0 Å². The minimum atomic E-state index is -0.0616. The molecule has 0 spiro atoms. The molecule has 2 amide bonds. The van der Waals surface area contributed by atoms with Gasteiger partial charge in [0.05, 0.1) is 17.3 Å². The second kappa shape index (κ2) is 8.13.